The van der Waals surface area contributed by atoms with Crippen molar-refractivity contribution in [2.75, 3.05) is 0 Å². The largest absolute Gasteiger partial charge is 0.489 e. The molecule has 0 aliphatic heterocycles. The summed E-state index contributed by atoms with van der Waals surface area (Å²) in [6.45, 7) is 0.587. The van der Waals surface area contributed by atoms with Crippen molar-refractivity contribution in [3.8, 4) is 5.75 Å². The van der Waals surface area contributed by atoms with Gasteiger partial charge in [0.05, 0.1) is 6.61 Å². The van der Waals surface area contributed by atoms with E-state index in [4.69, 9.17) is 15.6 Å². The molecule has 2 aromatic rings. The fraction of sp³-hybridized carbons (Fsp3) is 0.200. The summed E-state index contributed by atoms with van der Waals surface area (Å²) in [7, 11) is 0. The van der Waals surface area contributed by atoms with E-state index in [-0.39, 0.29) is 19.0 Å². The highest BCUT2D eigenvalue weighted by Gasteiger charge is 2.01. The van der Waals surface area contributed by atoms with Gasteiger partial charge in [-0.25, -0.2) is 4.39 Å². The van der Waals surface area contributed by atoms with Crippen molar-refractivity contribution in [2.45, 2.75) is 19.8 Å². The number of nitrogens with two attached hydrogens (primary N) is 1. The summed E-state index contributed by atoms with van der Waals surface area (Å²) in [6, 6.07) is 11.8. The number of benzene rings is 2. The topological polar surface area (TPSA) is 55.5 Å². The molecular formula is C15H16FNO2. The molecule has 0 aromatic heterocycles. The van der Waals surface area contributed by atoms with Gasteiger partial charge in [-0.3, -0.25) is 0 Å². The van der Waals surface area contributed by atoms with E-state index in [0.29, 0.717) is 12.3 Å². The minimum absolute atomic E-state index is 0.00400. The Kier molecular flexibility index (Phi) is 4.49. The van der Waals surface area contributed by atoms with Gasteiger partial charge < -0.3 is 15.6 Å². The minimum Gasteiger partial charge on any atom is -0.489 e. The third-order valence-corrected chi connectivity index (χ3v) is 2.76. The van der Waals surface area contributed by atoms with Gasteiger partial charge in [-0.05, 0) is 41.0 Å². The molecule has 0 aliphatic rings. The van der Waals surface area contributed by atoms with Gasteiger partial charge in [0, 0.05) is 6.54 Å². The normalized spacial score (nSPS) is 10.5. The van der Waals surface area contributed by atoms with Gasteiger partial charge in [0.25, 0.3) is 0 Å². The van der Waals surface area contributed by atoms with E-state index in [9.17, 15) is 4.39 Å². The molecule has 0 fully saturated rings. The zero-order valence-electron chi connectivity index (χ0n) is 10.5. The molecule has 0 saturated heterocycles. The summed E-state index contributed by atoms with van der Waals surface area (Å²) in [5, 5.41) is 8.93. The van der Waals surface area contributed by atoms with E-state index in [1.165, 1.54) is 12.1 Å². The van der Waals surface area contributed by atoms with Gasteiger partial charge in [0.15, 0.2) is 0 Å². The molecule has 0 aliphatic carbocycles. The van der Waals surface area contributed by atoms with Gasteiger partial charge in [0.1, 0.15) is 18.2 Å². The van der Waals surface area contributed by atoms with Crippen molar-refractivity contribution in [3.63, 3.8) is 0 Å². The molecule has 0 unspecified atom stereocenters. The van der Waals surface area contributed by atoms with Crippen molar-refractivity contribution in [1.82, 2.24) is 0 Å². The third-order valence-electron chi connectivity index (χ3n) is 2.76. The van der Waals surface area contributed by atoms with Crippen molar-refractivity contribution in [2.24, 2.45) is 5.73 Å². The maximum absolute atomic E-state index is 13.3. The Morgan fingerprint density at radius 1 is 1.00 bits per heavy atom. The first-order valence-electron chi connectivity index (χ1n) is 6.02. The van der Waals surface area contributed by atoms with Gasteiger partial charge in [0.2, 0.25) is 0 Å². The lowest BCUT2D eigenvalue weighted by molar-refractivity contribution is 0.280. The van der Waals surface area contributed by atoms with Crippen LogP contribution in [0.2, 0.25) is 0 Å². The molecule has 3 nitrogen and oxygen atoms in total. The van der Waals surface area contributed by atoms with Crippen molar-refractivity contribution >= 4 is 0 Å². The molecule has 0 amide bonds. The molecule has 0 spiro atoms. The van der Waals surface area contributed by atoms with Crippen LogP contribution in [0.4, 0.5) is 4.39 Å². The second-order valence-electron chi connectivity index (χ2n) is 4.26. The lowest BCUT2D eigenvalue weighted by Gasteiger charge is -2.08. The Morgan fingerprint density at radius 2 is 1.68 bits per heavy atom. The first-order valence-corrected chi connectivity index (χ1v) is 6.02. The predicted molar refractivity (Wildman–Crippen MR) is 71.0 cm³/mol. The second kappa shape index (κ2) is 6.31. The third kappa shape index (κ3) is 3.77. The van der Waals surface area contributed by atoms with Gasteiger partial charge in [-0.2, -0.15) is 0 Å². The van der Waals surface area contributed by atoms with Crippen LogP contribution in [0.25, 0.3) is 0 Å². The Morgan fingerprint density at radius 3 is 2.32 bits per heavy atom. The van der Waals surface area contributed by atoms with Crippen LogP contribution in [0.5, 0.6) is 5.75 Å². The lowest BCUT2D eigenvalue weighted by atomic mass is 10.1. The van der Waals surface area contributed by atoms with E-state index in [2.05, 4.69) is 0 Å². The molecule has 3 N–H and O–H groups in total. The summed E-state index contributed by atoms with van der Waals surface area (Å²) in [4.78, 5) is 0. The molecule has 19 heavy (non-hydrogen) atoms. The lowest BCUT2D eigenvalue weighted by Crippen LogP contribution is -2.01. The standard InChI is InChI=1S/C15H16FNO2/c16-14-6-12(8-17)5-13(7-14)10-19-15-3-1-11(9-18)2-4-15/h1-7,18H,8-10,17H2. The van der Waals surface area contributed by atoms with Crippen LogP contribution >= 0.6 is 0 Å². The van der Waals surface area contributed by atoms with Crippen molar-refractivity contribution in [3.05, 3.63) is 65.0 Å². The second-order valence-corrected chi connectivity index (χ2v) is 4.26. The van der Waals surface area contributed by atoms with Crippen LogP contribution < -0.4 is 10.5 Å². The first kappa shape index (κ1) is 13.5. The highest BCUT2D eigenvalue weighted by molar-refractivity contribution is 5.28. The average Bonchev–Trinajstić information content (AvgIpc) is 2.45. The van der Waals surface area contributed by atoms with Crippen LogP contribution in [0.1, 0.15) is 16.7 Å². The van der Waals surface area contributed by atoms with Crippen molar-refractivity contribution in [1.29, 1.82) is 0 Å². The van der Waals surface area contributed by atoms with Crippen LogP contribution in [0, 0.1) is 5.82 Å². The monoisotopic (exact) mass is 261 g/mol. The van der Waals surface area contributed by atoms with Crippen LogP contribution in [0.15, 0.2) is 42.5 Å². The summed E-state index contributed by atoms with van der Waals surface area (Å²) in [5.74, 6) is 0.368. The molecule has 0 atom stereocenters. The molecule has 0 radical (unpaired) electrons. The fourth-order valence-corrected chi connectivity index (χ4v) is 1.78. The quantitative estimate of drug-likeness (QED) is 0.868. The molecule has 2 rings (SSSR count). The smallest absolute Gasteiger partial charge is 0.123 e. The number of halogens is 1. The number of ether oxygens (including phenoxy) is 1. The molecule has 4 heteroatoms. The zero-order chi connectivity index (χ0) is 13.7. The number of aliphatic hydroxyl groups excluding tert-OH is 1. The number of aliphatic hydroxyl groups is 1. The van der Waals surface area contributed by atoms with Gasteiger partial charge in [-0.15, -0.1) is 0 Å². The zero-order valence-corrected chi connectivity index (χ0v) is 10.5. The van der Waals surface area contributed by atoms with Gasteiger partial charge >= 0.3 is 0 Å². The number of hydrogen-bond donors (Lipinski definition) is 2. The van der Waals surface area contributed by atoms with E-state index in [0.717, 1.165) is 16.7 Å². The average molecular weight is 261 g/mol. The Bertz CT molecular complexity index is 540. The Balaban J connectivity index is 2.03. The van der Waals surface area contributed by atoms with Crippen molar-refractivity contribution < 1.29 is 14.2 Å². The highest BCUT2D eigenvalue weighted by atomic mass is 19.1. The summed E-state index contributed by atoms with van der Waals surface area (Å²) >= 11 is 0. The Hall–Kier alpha value is -1.91. The predicted octanol–water partition coefficient (Wildman–Crippen LogP) is 2.36. The van der Waals surface area contributed by atoms with E-state index >= 15 is 0 Å². The molecule has 100 valence electrons. The summed E-state index contributed by atoms with van der Waals surface area (Å²) in [5.41, 5.74) is 7.81. The fourth-order valence-electron chi connectivity index (χ4n) is 1.78. The van der Waals surface area contributed by atoms with E-state index < -0.39 is 0 Å². The highest BCUT2D eigenvalue weighted by Crippen LogP contribution is 2.15. The molecule has 0 bridgehead atoms. The maximum Gasteiger partial charge on any atom is 0.123 e. The molecular weight excluding hydrogens is 245 g/mol. The van der Waals surface area contributed by atoms with Crippen LogP contribution in [-0.4, -0.2) is 5.11 Å². The minimum atomic E-state index is -0.308. The van der Waals surface area contributed by atoms with Crippen LogP contribution in [-0.2, 0) is 19.8 Å². The number of rotatable bonds is 5. The van der Waals surface area contributed by atoms with E-state index in [1.807, 2.05) is 6.07 Å². The molecule has 0 heterocycles. The van der Waals surface area contributed by atoms with Crippen LogP contribution in [0.3, 0.4) is 0 Å². The Labute approximate surface area is 111 Å². The van der Waals surface area contributed by atoms with Gasteiger partial charge in [-0.1, -0.05) is 18.2 Å². The van der Waals surface area contributed by atoms with E-state index in [1.54, 1.807) is 24.3 Å². The number of hydrogen-bond acceptors (Lipinski definition) is 3. The summed E-state index contributed by atoms with van der Waals surface area (Å²) < 4.78 is 18.9. The first-order chi connectivity index (χ1) is 9.21. The molecule has 2 aromatic carbocycles. The SMILES string of the molecule is NCc1cc(F)cc(COc2ccc(CO)cc2)c1. The summed E-state index contributed by atoms with van der Waals surface area (Å²) in [6.07, 6.45) is 0. The maximum atomic E-state index is 13.3. The molecule has 0 saturated carbocycles.